The summed E-state index contributed by atoms with van der Waals surface area (Å²) in [5.41, 5.74) is 0.509. The zero-order valence-electron chi connectivity index (χ0n) is 14.9. The summed E-state index contributed by atoms with van der Waals surface area (Å²) < 4.78 is 6.38. The molecule has 0 spiro atoms. The second kappa shape index (κ2) is 9.57. The van der Waals surface area contributed by atoms with Crippen LogP contribution in [0, 0.1) is 0 Å². The lowest BCUT2D eigenvalue weighted by atomic mass is 10.0. The smallest absolute Gasteiger partial charge is 0.410 e. The van der Waals surface area contributed by atoms with Gasteiger partial charge < -0.3 is 15.0 Å². The lowest BCUT2D eigenvalue weighted by Crippen LogP contribution is -2.48. The number of likely N-dealkylation sites (tertiary alicyclic amines) is 1. The quantitative estimate of drug-likeness (QED) is 0.713. The van der Waals surface area contributed by atoms with Crippen molar-refractivity contribution in [2.75, 3.05) is 13.1 Å². The van der Waals surface area contributed by atoms with E-state index in [1.165, 1.54) is 0 Å². The fourth-order valence-corrected chi connectivity index (χ4v) is 2.86. The molecule has 0 aliphatic carbocycles. The predicted octanol–water partition coefficient (Wildman–Crippen LogP) is 4.09. The Morgan fingerprint density at radius 3 is 2.28 bits per heavy atom. The molecule has 7 heteroatoms. The Kier molecular flexibility index (Phi) is 8.41. The molecule has 2 amide bonds. The Hall–Kier alpha value is -1.08. The van der Waals surface area contributed by atoms with E-state index in [9.17, 15) is 9.59 Å². The van der Waals surface area contributed by atoms with Crippen LogP contribution in [0.25, 0.3) is 0 Å². The Morgan fingerprint density at radius 1 is 1.20 bits per heavy atom. The first kappa shape index (κ1) is 22.0. The summed E-state index contributed by atoms with van der Waals surface area (Å²) in [7, 11) is 0. The van der Waals surface area contributed by atoms with Gasteiger partial charge in [0.1, 0.15) is 5.60 Å². The average molecular weight is 478 g/mol. The number of nitrogens with one attached hydrogen (secondary N) is 1. The van der Waals surface area contributed by atoms with Crippen LogP contribution in [0.15, 0.2) is 28.7 Å². The van der Waals surface area contributed by atoms with Crippen molar-refractivity contribution in [2.45, 2.75) is 51.7 Å². The maximum Gasteiger partial charge on any atom is 0.410 e. The number of rotatable bonds is 3. The third kappa shape index (κ3) is 7.77. The Bertz CT molecular complexity index is 577. The van der Waals surface area contributed by atoms with Gasteiger partial charge in [-0.3, -0.25) is 4.79 Å². The third-order valence-corrected chi connectivity index (χ3v) is 4.32. The standard InChI is InChI=1S/C18H25BrN2O3.BrH/c1-18(2,3)24-17(23)21-10-8-15(9-11-21)20-16(22)12-13-4-6-14(19)7-5-13;/h4-7,15H,8-12H2,1-3H3,(H,20,22);1H. The van der Waals surface area contributed by atoms with E-state index >= 15 is 0 Å². The molecular formula is C18H26Br2N2O3. The molecule has 1 heterocycles. The molecule has 1 saturated heterocycles. The molecule has 0 atom stereocenters. The lowest BCUT2D eigenvalue weighted by Gasteiger charge is -2.33. The molecular weight excluding hydrogens is 452 g/mol. The first-order valence-corrected chi connectivity index (χ1v) is 9.04. The number of nitrogens with zero attached hydrogens (tertiary/aromatic N) is 1. The first-order chi connectivity index (χ1) is 11.2. The zero-order valence-corrected chi connectivity index (χ0v) is 18.2. The van der Waals surface area contributed by atoms with Crippen molar-refractivity contribution >= 4 is 44.9 Å². The minimum atomic E-state index is -0.479. The fourth-order valence-electron chi connectivity index (χ4n) is 2.60. The van der Waals surface area contributed by atoms with Crippen molar-refractivity contribution in [1.82, 2.24) is 10.2 Å². The van der Waals surface area contributed by atoms with Gasteiger partial charge in [-0.2, -0.15) is 0 Å². The molecule has 5 nitrogen and oxygen atoms in total. The molecule has 1 fully saturated rings. The summed E-state index contributed by atoms with van der Waals surface area (Å²) in [6.07, 6.45) is 1.61. The van der Waals surface area contributed by atoms with Crippen molar-refractivity contribution in [1.29, 1.82) is 0 Å². The van der Waals surface area contributed by atoms with Crippen LogP contribution in [0.4, 0.5) is 4.79 Å². The second-order valence-electron chi connectivity index (χ2n) is 7.11. The molecule has 1 aliphatic heterocycles. The number of ether oxygens (including phenoxy) is 1. The van der Waals surface area contributed by atoms with E-state index in [1.807, 2.05) is 45.0 Å². The number of carbonyl (C=O) groups excluding carboxylic acids is 2. The van der Waals surface area contributed by atoms with Crippen LogP contribution >= 0.6 is 32.9 Å². The van der Waals surface area contributed by atoms with E-state index in [4.69, 9.17) is 4.74 Å². The normalized spacial score (nSPS) is 15.3. The number of piperidine rings is 1. The number of hydrogen-bond donors (Lipinski definition) is 1. The molecule has 1 N–H and O–H groups in total. The van der Waals surface area contributed by atoms with Gasteiger partial charge in [-0.05, 0) is 51.3 Å². The topological polar surface area (TPSA) is 58.6 Å². The molecule has 0 aromatic heterocycles. The van der Waals surface area contributed by atoms with Crippen LogP contribution in [0.1, 0.15) is 39.2 Å². The minimum absolute atomic E-state index is 0. The van der Waals surface area contributed by atoms with Gasteiger partial charge in [0, 0.05) is 23.6 Å². The Morgan fingerprint density at radius 2 is 1.76 bits per heavy atom. The van der Waals surface area contributed by atoms with Crippen molar-refractivity contribution in [2.24, 2.45) is 0 Å². The molecule has 0 saturated carbocycles. The highest BCUT2D eigenvalue weighted by Crippen LogP contribution is 2.16. The second-order valence-corrected chi connectivity index (χ2v) is 8.03. The number of amides is 2. The summed E-state index contributed by atoms with van der Waals surface area (Å²) in [6.45, 7) is 6.80. The molecule has 2 rings (SSSR count). The van der Waals surface area contributed by atoms with Gasteiger partial charge in [0.25, 0.3) is 0 Å². The monoisotopic (exact) mass is 476 g/mol. The van der Waals surface area contributed by atoms with E-state index in [0.717, 1.165) is 22.9 Å². The van der Waals surface area contributed by atoms with Crippen molar-refractivity contribution in [3.05, 3.63) is 34.3 Å². The van der Waals surface area contributed by atoms with Crippen LogP contribution in [0.5, 0.6) is 0 Å². The van der Waals surface area contributed by atoms with E-state index in [-0.39, 0.29) is 35.0 Å². The summed E-state index contributed by atoms with van der Waals surface area (Å²) in [5, 5.41) is 3.06. The third-order valence-electron chi connectivity index (χ3n) is 3.79. The predicted molar refractivity (Wildman–Crippen MR) is 107 cm³/mol. The number of halogens is 2. The SMILES string of the molecule is Br.CC(C)(C)OC(=O)N1CCC(NC(=O)Cc2ccc(Br)cc2)CC1. The van der Waals surface area contributed by atoms with E-state index in [1.54, 1.807) is 4.90 Å². The average Bonchev–Trinajstić information content (AvgIpc) is 2.48. The summed E-state index contributed by atoms with van der Waals surface area (Å²) in [4.78, 5) is 25.9. The molecule has 140 valence electrons. The molecule has 0 unspecified atom stereocenters. The highest BCUT2D eigenvalue weighted by atomic mass is 79.9. The Labute approximate surface area is 168 Å². The van der Waals surface area contributed by atoms with Crippen LogP contribution in [0.3, 0.4) is 0 Å². The summed E-state index contributed by atoms with van der Waals surface area (Å²) in [5.74, 6) is 0.0213. The number of benzene rings is 1. The van der Waals surface area contributed by atoms with Gasteiger partial charge in [-0.25, -0.2) is 4.79 Å². The summed E-state index contributed by atoms with van der Waals surface area (Å²) >= 11 is 3.38. The largest absolute Gasteiger partial charge is 0.444 e. The lowest BCUT2D eigenvalue weighted by molar-refractivity contribution is -0.121. The fraction of sp³-hybridized carbons (Fsp3) is 0.556. The zero-order chi connectivity index (χ0) is 17.7. The molecule has 1 aromatic carbocycles. The Balaban J connectivity index is 0.00000312. The first-order valence-electron chi connectivity index (χ1n) is 8.25. The van der Waals surface area contributed by atoms with Crippen LogP contribution < -0.4 is 5.32 Å². The molecule has 25 heavy (non-hydrogen) atoms. The van der Waals surface area contributed by atoms with Gasteiger partial charge in [0.2, 0.25) is 5.91 Å². The maximum absolute atomic E-state index is 12.1. The van der Waals surface area contributed by atoms with E-state index < -0.39 is 5.60 Å². The highest BCUT2D eigenvalue weighted by molar-refractivity contribution is 9.10. The van der Waals surface area contributed by atoms with E-state index in [0.29, 0.717) is 19.5 Å². The van der Waals surface area contributed by atoms with Crippen molar-refractivity contribution in [3.63, 3.8) is 0 Å². The van der Waals surface area contributed by atoms with Crippen LogP contribution in [0.2, 0.25) is 0 Å². The van der Waals surface area contributed by atoms with E-state index in [2.05, 4.69) is 21.2 Å². The van der Waals surface area contributed by atoms with Crippen molar-refractivity contribution < 1.29 is 14.3 Å². The molecule has 0 bridgehead atoms. The van der Waals surface area contributed by atoms with Crippen molar-refractivity contribution in [3.8, 4) is 0 Å². The number of carbonyl (C=O) groups is 2. The van der Waals surface area contributed by atoms with Crippen LogP contribution in [-0.2, 0) is 16.0 Å². The van der Waals surface area contributed by atoms with Gasteiger partial charge in [0.05, 0.1) is 6.42 Å². The molecule has 0 radical (unpaired) electrons. The summed E-state index contributed by atoms with van der Waals surface area (Å²) in [6, 6.07) is 7.86. The van der Waals surface area contributed by atoms with Gasteiger partial charge in [-0.15, -0.1) is 17.0 Å². The van der Waals surface area contributed by atoms with Gasteiger partial charge >= 0.3 is 6.09 Å². The number of hydrogen-bond acceptors (Lipinski definition) is 3. The molecule has 1 aromatic rings. The van der Waals surface area contributed by atoms with Gasteiger partial charge in [0.15, 0.2) is 0 Å². The minimum Gasteiger partial charge on any atom is -0.444 e. The highest BCUT2D eigenvalue weighted by Gasteiger charge is 2.27. The van der Waals surface area contributed by atoms with Gasteiger partial charge in [-0.1, -0.05) is 28.1 Å². The maximum atomic E-state index is 12.1. The van der Waals surface area contributed by atoms with Crippen LogP contribution in [-0.4, -0.2) is 41.6 Å². The molecule has 1 aliphatic rings.